The maximum atomic E-state index is 12.5. The van der Waals surface area contributed by atoms with Crippen LogP contribution in [0.4, 0.5) is 0 Å². The molecule has 0 saturated carbocycles. The Morgan fingerprint density at radius 3 is 2.85 bits per heavy atom. The van der Waals surface area contributed by atoms with Gasteiger partial charge in [0.2, 0.25) is 0 Å². The molecule has 4 rings (SSSR count). The predicted molar refractivity (Wildman–Crippen MR) is 102 cm³/mol. The van der Waals surface area contributed by atoms with Crippen LogP contribution in [0.5, 0.6) is 5.75 Å². The van der Waals surface area contributed by atoms with E-state index < -0.39 is 0 Å². The van der Waals surface area contributed by atoms with E-state index in [4.69, 9.17) is 9.47 Å². The molecule has 2 aromatic heterocycles. The first-order valence-electron chi connectivity index (χ1n) is 9.07. The van der Waals surface area contributed by atoms with E-state index in [1.165, 1.54) is 10.9 Å². The number of fused-ring (bicyclic) bond motifs is 3. The van der Waals surface area contributed by atoms with Gasteiger partial charge in [-0.3, -0.25) is 14.0 Å². The first kappa shape index (κ1) is 17.7. The van der Waals surface area contributed by atoms with E-state index in [9.17, 15) is 9.59 Å². The summed E-state index contributed by atoms with van der Waals surface area (Å²) < 4.78 is 12.4. The van der Waals surface area contributed by atoms with Gasteiger partial charge in [0.25, 0.3) is 5.56 Å². The molecule has 6 nitrogen and oxygen atoms in total. The summed E-state index contributed by atoms with van der Waals surface area (Å²) in [4.78, 5) is 30.8. The molecule has 7 heteroatoms. The monoisotopic (exact) mass is 384 g/mol. The molecule has 0 atom stereocenters. The maximum absolute atomic E-state index is 12.5. The van der Waals surface area contributed by atoms with Crippen LogP contribution in [-0.2, 0) is 29.0 Å². The van der Waals surface area contributed by atoms with Crippen LogP contribution in [0, 0.1) is 0 Å². The molecule has 3 aromatic rings. The number of aryl methyl sites for hydroxylation is 2. The molecule has 0 N–H and O–H groups in total. The number of hydrogen-bond donors (Lipinski definition) is 0. The number of carbonyl (C=O) groups is 1. The van der Waals surface area contributed by atoms with Crippen molar-refractivity contribution in [2.75, 3.05) is 6.61 Å². The predicted octanol–water partition coefficient (Wildman–Crippen LogP) is 3.15. The third-order valence-corrected chi connectivity index (χ3v) is 5.66. The highest BCUT2D eigenvalue weighted by Gasteiger charge is 2.18. The van der Waals surface area contributed by atoms with Gasteiger partial charge in [-0.2, -0.15) is 0 Å². The van der Waals surface area contributed by atoms with Gasteiger partial charge in [-0.05, 0) is 37.8 Å². The summed E-state index contributed by atoms with van der Waals surface area (Å²) in [6, 6.07) is 10.8. The lowest BCUT2D eigenvalue weighted by Gasteiger charge is -2.10. The molecule has 140 valence electrons. The minimum Gasteiger partial charge on any atom is -0.493 e. The maximum Gasteiger partial charge on any atom is 0.309 e. The van der Waals surface area contributed by atoms with E-state index >= 15 is 0 Å². The van der Waals surface area contributed by atoms with Crippen molar-refractivity contribution in [3.63, 3.8) is 0 Å². The van der Waals surface area contributed by atoms with Crippen molar-refractivity contribution in [1.29, 1.82) is 0 Å². The fourth-order valence-corrected chi connectivity index (χ4v) is 4.44. The Morgan fingerprint density at radius 1 is 1.19 bits per heavy atom. The Balaban J connectivity index is 1.36. The van der Waals surface area contributed by atoms with Crippen LogP contribution < -0.4 is 10.3 Å². The van der Waals surface area contributed by atoms with E-state index in [-0.39, 0.29) is 31.2 Å². The Bertz CT molecular complexity index is 1010. The van der Waals surface area contributed by atoms with Crippen LogP contribution in [0.15, 0.2) is 41.2 Å². The molecule has 0 amide bonds. The van der Waals surface area contributed by atoms with Crippen molar-refractivity contribution in [3.8, 4) is 5.75 Å². The van der Waals surface area contributed by atoms with Gasteiger partial charge in [-0.25, -0.2) is 4.98 Å². The van der Waals surface area contributed by atoms with Crippen molar-refractivity contribution in [2.24, 2.45) is 0 Å². The molecule has 0 bridgehead atoms. The van der Waals surface area contributed by atoms with Crippen molar-refractivity contribution in [3.05, 3.63) is 63.0 Å². The van der Waals surface area contributed by atoms with Gasteiger partial charge in [0, 0.05) is 16.6 Å². The van der Waals surface area contributed by atoms with Crippen LogP contribution in [0.25, 0.3) is 4.96 Å². The standard InChI is InChI=1S/C20H20N2O4S/c23-18-12-14(21-20-22(18)16-8-4-5-9-17(16)27-20)13-26-19(24)10-11-25-15-6-2-1-3-7-15/h1-3,6-7,12H,4-5,8-11,13H2. The Labute approximate surface area is 160 Å². The molecule has 1 aliphatic rings. The SMILES string of the molecule is O=C(CCOc1ccccc1)OCc1cc(=O)n2c3c(sc2n1)CCCC3. The number of esters is 1. The summed E-state index contributed by atoms with van der Waals surface area (Å²) in [5, 5.41) is 0. The van der Waals surface area contributed by atoms with Crippen molar-refractivity contribution >= 4 is 22.3 Å². The zero-order chi connectivity index (χ0) is 18.6. The molecule has 1 aromatic carbocycles. The first-order chi connectivity index (χ1) is 13.2. The highest BCUT2D eigenvalue weighted by molar-refractivity contribution is 7.17. The lowest BCUT2D eigenvalue weighted by atomic mass is 10.0. The molecule has 27 heavy (non-hydrogen) atoms. The van der Waals surface area contributed by atoms with Crippen LogP contribution in [-0.4, -0.2) is 22.0 Å². The van der Waals surface area contributed by atoms with Gasteiger partial charge >= 0.3 is 5.97 Å². The lowest BCUT2D eigenvalue weighted by Crippen LogP contribution is -2.19. The second-order valence-electron chi connectivity index (χ2n) is 6.45. The van der Waals surface area contributed by atoms with Gasteiger partial charge in [-0.15, -0.1) is 11.3 Å². The summed E-state index contributed by atoms with van der Waals surface area (Å²) >= 11 is 1.57. The molecule has 0 saturated heterocycles. The normalized spacial score (nSPS) is 13.3. The summed E-state index contributed by atoms with van der Waals surface area (Å²) in [5.74, 6) is 0.338. The number of hydrogen-bond acceptors (Lipinski definition) is 6. The average Bonchev–Trinajstić information content (AvgIpc) is 3.06. The van der Waals surface area contributed by atoms with E-state index in [0.29, 0.717) is 16.4 Å². The number of aromatic nitrogens is 2. The zero-order valence-corrected chi connectivity index (χ0v) is 15.7. The van der Waals surface area contributed by atoms with E-state index in [1.807, 2.05) is 30.3 Å². The van der Waals surface area contributed by atoms with Crippen molar-refractivity contribution in [2.45, 2.75) is 38.7 Å². The topological polar surface area (TPSA) is 69.9 Å². The second-order valence-corrected chi connectivity index (χ2v) is 7.52. The quantitative estimate of drug-likeness (QED) is 0.611. The number of benzene rings is 1. The van der Waals surface area contributed by atoms with E-state index in [0.717, 1.165) is 31.4 Å². The minimum absolute atomic E-state index is 0.00151. The zero-order valence-electron chi connectivity index (χ0n) is 14.8. The minimum atomic E-state index is -0.376. The molecular weight excluding hydrogens is 364 g/mol. The van der Waals surface area contributed by atoms with E-state index in [2.05, 4.69) is 4.98 Å². The molecule has 0 spiro atoms. The van der Waals surface area contributed by atoms with Gasteiger partial charge in [-0.1, -0.05) is 18.2 Å². The Kier molecular flexibility index (Phi) is 5.20. The van der Waals surface area contributed by atoms with Crippen LogP contribution in [0.2, 0.25) is 0 Å². The molecule has 0 radical (unpaired) electrons. The third-order valence-electron chi connectivity index (χ3n) is 4.51. The number of carbonyl (C=O) groups excluding carboxylic acids is 1. The number of thiazole rings is 1. The highest BCUT2D eigenvalue weighted by Crippen LogP contribution is 2.28. The summed E-state index contributed by atoms with van der Waals surface area (Å²) in [7, 11) is 0. The third kappa shape index (κ3) is 4.03. The number of para-hydroxylation sites is 1. The summed E-state index contributed by atoms with van der Waals surface area (Å²) in [6.07, 6.45) is 4.34. The van der Waals surface area contributed by atoms with Crippen LogP contribution >= 0.6 is 11.3 Å². The molecular formula is C20H20N2O4S. The largest absolute Gasteiger partial charge is 0.493 e. The fourth-order valence-electron chi connectivity index (χ4n) is 3.21. The molecule has 2 heterocycles. The summed E-state index contributed by atoms with van der Waals surface area (Å²) in [6.45, 7) is 0.244. The fraction of sp³-hybridized carbons (Fsp3) is 0.350. The van der Waals surface area contributed by atoms with Gasteiger partial charge in [0.15, 0.2) is 4.96 Å². The van der Waals surface area contributed by atoms with E-state index in [1.54, 1.807) is 15.7 Å². The number of nitrogens with zero attached hydrogens (tertiary/aromatic N) is 2. The number of rotatable bonds is 6. The Hall–Kier alpha value is -2.67. The van der Waals surface area contributed by atoms with Gasteiger partial charge in [0.05, 0.1) is 18.7 Å². The first-order valence-corrected chi connectivity index (χ1v) is 9.89. The molecule has 0 aliphatic heterocycles. The smallest absolute Gasteiger partial charge is 0.309 e. The molecule has 0 unspecified atom stereocenters. The lowest BCUT2D eigenvalue weighted by molar-refractivity contribution is -0.145. The van der Waals surface area contributed by atoms with Crippen molar-refractivity contribution < 1.29 is 14.3 Å². The average molecular weight is 384 g/mol. The molecule has 0 fully saturated rings. The summed E-state index contributed by atoms with van der Waals surface area (Å²) in [5.41, 5.74) is 1.48. The van der Waals surface area contributed by atoms with Crippen molar-refractivity contribution in [1.82, 2.24) is 9.38 Å². The van der Waals surface area contributed by atoms with Crippen LogP contribution in [0.3, 0.4) is 0 Å². The molecule has 1 aliphatic carbocycles. The van der Waals surface area contributed by atoms with Gasteiger partial charge < -0.3 is 9.47 Å². The Morgan fingerprint density at radius 2 is 2.00 bits per heavy atom. The van der Waals surface area contributed by atoms with Crippen LogP contribution in [0.1, 0.15) is 35.5 Å². The number of ether oxygens (including phenoxy) is 2. The van der Waals surface area contributed by atoms with Gasteiger partial charge in [0.1, 0.15) is 12.4 Å². The second kappa shape index (κ2) is 7.92. The highest BCUT2D eigenvalue weighted by atomic mass is 32.1.